The molecule has 2 heterocycles. The van der Waals surface area contributed by atoms with Crippen LogP contribution in [0.15, 0.2) is 53.9 Å². The lowest BCUT2D eigenvalue weighted by atomic mass is 10.1. The van der Waals surface area contributed by atoms with Crippen molar-refractivity contribution in [2.75, 3.05) is 45.8 Å². The zero-order valence-electron chi connectivity index (χ0n) is 23.8. The maximum absolute atomic E-state index is 13.8. The molecule has 9 heteroatoms. The summed E-state index contributed by atoms with van der Waals surface area (Å²) >= 11 is 1.61. The number of nitrogens with zero attached hydrogens (tertiary/aromatic N) is 2. The molecule has 3 aromatic rings. The van der Waals surface area contributed by atoms with Gasteiger partial charge in [-0.05, 0) is 85.5 Å². The van der Waals surface area contributed by atoms with Gasteiger partial charge in [0.2, 0.25) is 5.91 Å². The largest absolute Gasteiger partial charge is 0.493 e. The first kappa shape index (κ1) is 29.4. The number of amides is 3. The van der Waals surface area contributed by atoms with Gasteiger partial charge in [-0.25, -0.2) is 4.79 Å². The van der Waals surface area contributed by atoms with E-state index in [-0.39, 0.29) is 24.6 Å². The van der Waals surface area contributed by atoms with Crippen molar-refractivity contribution in [2.24, 2.45) is 0 Å². The van der Waals surface area contributed by atoms with Crippen molar-refractivity contribution in [3.63, 3.8) is 0 Å². The number of urea groups is 1. The molecule has 40 heavy (non-hydrogen) atoms. The van der Waals surface area contributed by atoms with E-state index in [0.29, 0.717) is 49.8 Å². The monoisotopic (exact) mass is 565 g/mol. The van der Waals surface area contributed by atoms with Crippen LogP contribution in [0.1, 0.15) is 34.4 Å². The average Bonchev–Trinajstić information content (AvgIpc) is 3.67. The molecule has 1 fully saturated rings. The first-order valence-corrected chi connectivity index (χ1v) is 14.5. The van der Waals surface area contributed by atoms with Crippen LogP contribution in [0, 0.1) is 13.8 Å². The minimum absolute atomic E-state index is 0.0339. The molecule has 214 valence electrons. The molecule has 0 spiro atoms. The van der Waals surface area contributed by atoms with Crippen molar-refractivity contribution in [1.82, 2.24) is 9.80 Å². The average molecular weight is 566 g/mol. The van der Waals surface area contributed by atoms with Gasteiger partial charge in [0.1, 0.15) is 6.54 Å². The Morgan fingerprint density at radius 3 is 2.52 bits per heavy atom. The van der Waals surface area contributed by atoms with Gasteiger partial charge in [-0.15, -0.1) is 11.3 Å². The van der Waals surface area contributed by atoms with Gasteiger partial charge in [0.05, 0.1) is 26.9 Å². The highest BCUT2D eigenvalue weighted by Gasteiger charge is 2.27. The molecule has 2 aromatic carbocycles. The minimum Gasteiger partial charge on any atom is -0.493 e. The Kier molecular flexibility index (Phi) is 10.4. The molecule has 1 atom stereocenters. The number of anilines is 1. The number of hydrogen-bond acceptors (Lipinski definition) is 6. The molecular formula is C31H39N3O5S. The van der Waals surface area contributed by atoms with Crippen molar-refractivity contribution in [3.05, 3.63) is 75.5 Å². The van der Waals surface area contributed by atoms with Crippen LogP contribution < -0.4 is 14.8 Å². The lowest BCUT2D eigenvalue weighted by Gasteiger charge is -2.29. The minimum atomic E-state index is -0.303. The molecular weight excluding hydrogens is 526 g/mol. The third-order valence-electron chi connectivity index (χ3n) is 7.22. The zero-order valence-corrected chi connectivity index (χ0v) is 24.6. The van der Waals surface area contributed by atoms with Gasteiger partial charge >= 0.3 is 6.03 Å². The number of benzene rings is 2. The zero-order chi connectivity index (χ0) is 28.5. The Balaban J connectivity index is 1.49. The lowest BCUT2D eigenvalue weighted by molar-refractivity contribution is -0.132. The molecule has 1 N–H and O–H groups in total. The van der Waals surface area contributed by atoms with Gasteiger partial charge in [0.25, 0.3) is 0 Å². The molecule has 8 nitrogen and oxygen atoms in total. The fourth-order valence-corrected chi connectivity index (χ4v) is 5.44. The number of thiophene rings is 1. The second-order valence-electron chi connectivity index (χ2n) is 10.1. The number of rotatable bonds is 12. The van der Waals surface area contributed by atoms with E-state index < -0.39 is 0 Å². The molecule has 0 aliphatic carbocycles. The Bertz CT molecular complexity index is 1270. The third kappa shape index (κ3) is 7.99. The van der Waals surface area contributed by atoms with Gasteiger partial charge in [-0.2, -0.15) is 0 Å². The molecule has 0 radical (unpaired) electrons. The van der Waals surface area contributed by atoms with Crippen LogP contribution in [0.25, 0.3) is 0 Å². The predicted octanol–water partition coefficient (Wildman–Crippen LogP) is 5.67. The van der Waals surface area contributed by atoms with E-state index in [9.17, 15) is 9.59 Å². The highest BCUT2D eigenvalue weighted by molar-refractivity contribution is 7.09. The quantitative estimate of drug-likeness (QED) is 0.306. The Hall–Kier alpha value is -3.56. The smallest absolute Gasteiger partial charge is 0.322 e. The van der Waals surface area contributed by atoms with E-state index in [0.717, 1.165) is 34.4 Å². The van der Waals surface area contributed by atoms with Gasteiger partial charge in [-0.1, -0.05) is 18.2 Å². The first-order valence-electron chi connectivity index (χ1n) is 13.6. The number of ether oxygens (including phenoxy) is 3. The highest BCUT2D eigenvalue weighted by atomic mass is 32.1. The number of carbonyl (C=O) groups excluding carboxylic acids is 2. The number of aryl methyl sites for hydroxylation is 2. The van der Waals surface area contributed by atoms with Crippen molar-refractivity contribution in [3.8, 4) is 11.5 Å². The normalized spacial score (nSPS) is 14.6. The van der Waals surface area contributed by atoms with E-state index in [4.69, 9.17) is 14.2 Å². The summed E-state index contributed by atoms with van der Waals surface area (Å²) in [6.45, 7) is 6.04. The van der Waals surface area contributed by atoms with Gasteiger partial charge in [-0.3, -0.25) is 4.79 Å². The molecule has 1 aliphatic rings. The topological polar surface area (TPSA) is 80.3 Å². The van der Waals surface area contributed by atoms with Crippen molar-refractivity contribution >= 4 is 29.0 Å². The van der Waals surface area contributed by atoms with E-state index in [1.165, 1.54) is 0 Å². The second kappa shape index (κ2) is 14.2. The molecule has 0 saturated carbocycles. The number of carbonyl (C=O) groups is 2. The molecule has 0 bridgehead atoms. The first-order chi connectivity index (χ1) is 19.4. The van der Waals surface area contributed by atoms with Crippen LogP contribution in [-0.4, -0.2) is 68.3 Å². The molecule has 1 saturated heterocycles. The fourth-order valence-electron chi connectivity index (χ4n) is 4.72. The summed E-state index contributed by atoms with van der Waals surface area (Å²) in [5, 5.41) is 5.00. The maximum atomic E-state index is 13.8. The highest BCUT2D eigenvalue weighted by Crippen LogP contribution is 2.28. The van der Waals surface area contributed by atoms with Crippen LogP contribution in [0.3, 0.4) is 0 Å². The Labute approximate surface area is 240 Å². The summed E-state index contributed by atoms with van der Waals surface area (Å²) < 4.78 is 16.6. The van der Waals surface area contributed by atoms with Crippen LogP contribution in [0.2, 0.25) is 0 Å². The maximum Gasteiger partial charge on any atom is 0.322 e. The van der Waals surface area contributed by atoms with E-state index in [2.05, 4.69) is 5.32 Å². The van der Waals surface area contributed by atoms with Crippen LogP contribution in [-0.2, 0) is 22.5 Å². The predicted molar refractivity (Wildman–Crippen MR) is 158 cm³/mol. The van der Waals surface area contributed by atoms with Crippen LogP contribution in [0.4, 0.5) is 10.5 Å². The molecule has 1 aromatic heterocycles. The van der Waals surface area contributed by atoms with Crippen LogP contribution >= 0.6 is 11.3 Å². The summed E-state index contributed by atoms with van der Waals surface area (Å²) in [5.41, 5.74) is 3.99. The lowest BCUT2D eigenvalue weighted by Crippen LogP contribution is -2.47. The van der Waals surface area contributed by atoms with E-state index in [1.807, 2.05) is 72.7 Å². The fraction of sp³-hybridized carbons (Fsp3) is 0.419. The third-order valence-corrected chi connectivity index (χ3v) is 8.08. The van der Waals surface area contributed by atoms with Crippen molar-refractivity contribution < 1.29 is 23.8 Å². The summed E-state index contributed by atoms with van der Waals surface area (Å²) in [7, 11) is 3.22. The standard InChI is InChI=1S/C31H39N3O5S/c1-22-9-11-25(17-23(22)2)32-31(36)34(19-26-7-5-15-39-26)21-30(35)33(20-27-8-6-16-40-27)14-13-24-10-12-28(37-3)29(18-24)38-4/h6,8-12,16-18,26H,5,7,13-15,19-21H2,1-4H3,(H,32,36). The van der Waals surface area contributed by atoms with Crippen molar-refractivity contribution in [1.29, 1.82) is 0 Å². The SMILES string of the molecule is COc1ccc(CCN(Cc2cccs2)C(=O)CN(CC2CCCO2)C(=O)Nc2ccc(C)c(C)c2)cc1OC. The number of nitrogens with one attached hydrogen (secondary N) is 1. The summed E-state index contributed by atoms with van der Waals surface area (Å²) in [5.74, 6) is 1.21. The van der Waals surface area contributed by atoms with Crippen LogP contribution in [0.5, 0.6) is 11.5 Å². The molecule has 1 aliphatic heterocycles. The number of methoxy groups -OCH3 is 2. The Morgan fingerprint density at radius 2 is 1.85 bits per heavy atom. The molecule has 4 rings (SSSR count). The molecule has 1 unspecified atom stereocenters. The van der Waals surface area contributed by atoms with E-state index in [1.54, 1.807) is 30.5 Å². The van der Waals surface area contributed by atoms with Gasteiger partial charge < -0.3 is 29.3 Å². The summed E-state index contributed by atoms with van der Waals surface area (Å²) in [6.07, 6.45) is 2.40. The number of hydrogen-bond donors (Lipinski definition) is 1. The van der Waals surface area contributed by atoms with Gasteiger partial charge in [0.15, 0.2) is 11.5 Å². The van der Waals surface area contributed by atoms with Crippen molar-refractivity contribution in [2.45, 2.75) is 45.8 Å². The van der Waals surface area contributed by atoms with E-state index >= 15 is 0 Å². The molecule has 3 amide bonds. The summed E-state index contributed by atoms with van der Waals surface area (Å²) in [6, 6.07) is 15.3. The van der Waals surface area contributed by atoms with Gasteiger partial charge in [0, 0.05) is 30.3 Å². The Morgan fingerprint density at radius 1 is 1.02 bits per heavy atom. The summed E-state index contributed by atoms with van der Waals surface area (Å²) in [4.78, 5) is 31.7. The second-order valence-corrected chi connectivity index (χ2v) is 11.1.